The molecule has 0 atom stereocenters. The third-order valence-corrected chi connectivity index (χ3v) is 3.00. The Kier molecular flexibility index (Phi) is 1.82. The first-order valence-electron chi connectivity index (χ1n) is 4.99. The molecule has 0 unspecified atom stereocenters. The summed E-state index contributed by atoms with van der Waals surface area (Å²) >= 11 is 5.22. The van der Waals surface area contributed by atoms with E-state index in [1.165, 1.54) is 12.8 Å². The SMILES string of the molecule is Cc1occc1-c1n[nH]c(=S)n1C1CC1. The summed E-state index contributed by atoms with van der Waals surface area (Å²) in [4.78, 5) is 0. The molecule has 0 saturated heterocycles. The minimum atomic E-state index is 0.528. The van der Waals surface area contributed by atoms with Gasteiger partial charge >= 0.3 is 0 Å². The van der Waals surface area contributed by atoms with Gasteiger partial charge in [0.2, 0.25) is 0 Å². The number of furan rings is 1. The minimum absolute atomic E-state index is 0.528. The van der Waals surface area contributed by atoms with Crippen LogP contribution < -0.4 is 0 Å². The average Bonchev–Trinajstić information content (AvgIpc) is 2.85. The molecule has 15 heavy (non-hydrogen) atoms. The van der Waals surface area contributed by atoms with Crippen molar-refractivity contribution < 1.29 is 4.42 Å². The number of H-pyrrole nitrogens is 1. The molecule has 1 fully saturated rings. The summed E-state index contributed by atoms with van der Waals surface area (Å²) < 4.78 is 8.07. The van der Waals surface area contributed by atoms with Crippen LogP contribution in [0.15, 0.2) is 16.7 Å². The maximum atomic E-state index is 5.28. The van der Waals surface area contributed by atoms with Gasteiger partial charge in [-0.15, -0.1) is 0 Å². The van der Waals surface area contributed by atoms with Crippen molar-refractivity contribution in [2.45, 2.75) is 25.8 Å². The number of aromatic amines is 1. The fraction of sp³-hybridized carbons (Fsp3) is 0.400. The van der Waals surface area contributed by atoms with Gasteiger partial charge in [0.15, 0.2) is 10.6 Å². The van der Waals surface area contributed by atoms with Crippen molar-refractivity contribution in [1.29, 1.82) is 0 Å². The molecule has 0 aromatic carbocycles. The van der Waals surface area contributed by atoms with Crippen molar-refractivity contribution in [2.75, 3.05) is 0 Å². The van der Waals surface area contributed by atoms with Gasteiger partial charge in [-0.1, -0.05) is 0 Å². The number of nitrogens with one attached hydrogen (secondary N) is 1. The first kappa shape index (κ1) is 8.91. The summed E-state index contributed by atoms with van der Waals surface area (Å²) in [6.07, 6.45) is 4.06. The summed E-state index contributed by atoms with van der Waals surface area (Å²) in [6, 6.07) is 2.46. The fourth-order valence-electron chi connectivity index (χ4n) is 1.78. The Balaban J connectivity index is 2.20. The highest BCUT2D eigenvalue weighted by Crippen LogP contribution is 2.38. The minimum Gasteiger partial charge on any atom is -0.469 e. The monoisotopic (exact) mass is 221 g/mol. The van der Waals surface area contributed by atoms with Gasteiger partial charge in [0, 0.05) is 6.04 Å². The summed E-state index contributed by atoms with van der Waals surface area (Å²) in [6.45, 7) is 1.93. The van der Waals surface area contributed by atoms with Crippen molar-refractivity contribution in [3.63, 3.8) is 0 Å². The van der Waals surface area contributed by atoms with E-state index in [0.717, 1.165) is 17.1 Å². The normalized spacial score (nSPS) is 15.8. The molecule has 0 bridgehead atoms. The predicted octanol–water partition coefficient (Wildman–Crippen LogP) is 2.84. The molecule has 1 saturated carbocycles. The lowest BCUT2D eigenvalue weighted by atomic mass is 10.2. The Morgan fingerprint density at radius 3 is 3.00 bits per heavy atom. The molecule has 0 radical (unpaired) electrons. The van der Waals surface area contributed by atoms with E-state index in [1.54, 1.807) is 6.26 Å². The van der Waals surface area contributed by atoms with Crippen LogP contribution in [0.3, 0.4) is 0 Å². The molecule has 1 aliphatic carbocycles. The predicted molar refractivity (Wildman–Crippen MR) is 58.1 cm³/mol. The lowest BCUT2D eigenvalue weighted by Gasteiger charge is -2.02. The molecule has 2 aromatic heterocycles. The van der Waals surface area contributed by atoms with Crippen LogP contribution in [0.25, 0.3) is 11.4 Å². The molecule has 1 aliphatic rings. The van der Waals surface area contributed by atoms with Crippen LogP contribution in [0.5, 0.6) is 0 Å². The van der Waals surface area contributed by atoms with Crippen LogP contribution in [0.2, 0.25) is 0 Å². The van der Waals surface area contributed by atoms with E-state index in [0.29, 0.717) is 10.8 Å². The zero-order chi connectivity index (χ0) is 10.4. The molecule has 0 aliphatic heterocycles. The van der Waals surface area contributed by atoms with Gasteiger partial charge in [0.1, 0.15) is 5.76 Å². The van der Waals surface area contributed by atoms with Gasteiger partial charge in [0.25, 0.3) is 0 Å². The van der Waals surface area contributed by atoms with E-state index in [-0.39, 0.29) is 0 Å². The van der Waals surface area contributed by atoms with E-state index in [1.807, 2.05) is 13.0 Å². The first-order valence-corrected chi connectivity index (χ1v) is 5.39. The van der Waals surface area contributed by atoms with Gasteiger partial charge in [-0.2, -0.15) is 5.10 Å². The number of aromatic nitrogens is 3. The zero-order valence-electron chi connectivity index (χ0n) is 8.36. The fourth-order valence-corrected chi connectivity index (χ4v) is 2.06. The second kappa shape index (κ2) is 3.06. The first-order chi connectivity index (χ1) is 7.27. The third kappa shape index (κ3) is 1.34. The Labute approximate surface area is 91.9 Å². The third-order valence-electron chi connectivity index (χ3n) is 2.72. The molecular formula is C10H11N3OS. The highest BCUT2D eigenvalue weighted by atomic mass is 32.1. The standard InChI is InChI=1S/C10H11N3OS/c1-6-8(4-5-14-6)9-11-12-10(15)13(9)7-2-3-7/h4-5,7H,2-3H2,1H3,(H,12,15). The number of nitrogens with zero attached hydrogens (tertiary/aromatic N) is 2. The lowest BCUT2D eigenvalue weighted by molar-refractivity contribution is 0.534. The van der Waals surface area contributed by atoms with Crippen LogP contribution >= 0.6 is 12.2 Å². The van der Waals surface area contributed by atoms with E-state index >= 15 is 0 Å². The largest absolute Gasteiger partial charge is 0.469 e. The second-order valence-corrected chi connectivity index (χ2v) is 4.23. The highest BCUT2D eigenvalue weighted by molar-refractivity contribution is 7.71. The van der Waals surface area contributed by atoms with Crippen molar-refractivity contribution in [1.82, 2.24) is 14.8 Å². The lowest BCUT2D eigenvalue weighted by Crippen LogP contribution is -1.97. The van der Waals surface area contributed by atoms with Gasteiger partial charge in [-0.3, -0.25) is 9.67 Å². The van der Waals surface area contributed by atoms with Gasteiger partial charge in [0.05, 0.1) is 11.8 Å². The molecular weight excluding hydrogens is 210 g/mol. The van der Waals surface area contributed by atoms with Gasteiger partial charge in [-0.25, -0.2) is 0 Å². The molecule has 0 spiro atoms. The topological polar surface area (TPSA) is 46.8 Å². The Bertz CT molecular complexity index is 547. The van der Waals surface area contributed by atoms with Crippen molar-refractivity contribution in [3.05, 3.63) is 22.9 Å². The van der Waals surface area contributed by atoms with E-state index in [4.69, 9.17) is 16.6 Å². The molecule has 78 valence electrons. The van der Waals surface area contributed by atoms with E-state index < -0.39 is 0 Å². The van der Waals surface area contributed by atoms with Crippen molar-refractivity contribution >= 4 is 12.2 Å². The molecule has 3 rings (SSSR count). The molecule has 1 N–H and O–H groups in total. The molecule has 0 amide bonds. The number of hydrogen-bond donors (Lipinski definition) is 1. The smallest absolute Gasteiger partial charge is 0.195 e. The summed E-state index contributed by atoms with van der Waals surface area (Å²) in [5.41, 5.74) is 1.02. The van der Waals surface area contributed by atoms with Gasteiger partial charge in [-0.05, 0) is 38.0 Å². The van der Waals surface area contributed by atoms with Crippen molar-refractivity contribution in [2.24, 2.45) is 0 Å². The molecule has 2 aromatic rings. The Morgan fingerprint density at radius 2 is 2.40 bits per heavy atom. The summed E-state index contributed by atoms with van der Waals surface area (Å²) in [7, 11) is 0. The summed E-state index contributed by atoms with van der Waals surface area (Å²) in [5.74, 6) is 1.78. The Hall–Kier alpha value is -1.36. The zero-order valence-corrected chi connectivity index (χ0v) is 9.17. The Morgan fingerprint density at radius 1 is 1.60 bits per heavy atom. The second-order valence-electron chi connectivity index (χ2n) is 3.84. The highest BCUT2D eigenvalue weighted by Gasteiger charge is 2.28. The van der Waals surface area contributed by atoms with E-state index in [9.17, 15) is 0 Å². The van der Waals surface area contributed by atoms with Crippen LogP contribution in [0, 0.1) is 11.7 Å². The van der Waals surface area contributed by atoms with E-state index in [2.05, 4.69) is 14.8 Å². The average molecular weight is 221 g/mol. The van der Waals surface area contributed by atoms with Crippen LogP contribution in [0.1, 0.15) is 24.6 Å². The molecule has 2 heterocycles. The molecule has 5 heteroatoms. The quantitative estimate of drug-likeness (QED) is 0.793. The van der Waals surface area contributed by atoms with Crippen LogP contribution in [-0.2, 0) is 0 Å². The number of rotatable bonds is 2. The maximum absolute atomic E-state index is 5.28. The number of aryl methyl sites for hydroxylation is 1. The molecule has 4 nitrogen and oxygen atoms in total. The summed E-state index contributed by atoms with van der Waals surface area (Å²) in [5, 5.41) is 7.11. The number of hydrogen-bond acceptors (Lipinski definition) is 3. The van der Waals surface area contributed by atoms with Gasteiger partial charge < -0.3 is 4.42 Å². The van der Waals surface area contributed by atoms with Crippen LogP contribution in [-0.4, -0.2) is 14.8 Å². The maximum Gasteiger partial charge on any atom is 0.195 e. The van der Waals surface area contributed by atoms with Crippen molar-refractivity contribution in [3.8, 4) is 11.4 Å². The van der Waals surface area contributed by atoms with Crippen LogP contribution in [0.4, 0.5) is 0 Å².